The lowest BCUT2D eigenvalue weighted by Crippen LogP contribution is -2.47. The van der Waals surface area contributed by atoms with E-state index in [0.29, 0.717) is 0 Å². The maximum absolute atomic E-state index is 11.2. The lowest BCUT2D eigenvalue weighted by atomic mass is 9.98. The van der Waals surface area contributed by atoms with Gasteiger partial charge in [0.05, 0.1) is 11.5 Å². The van der Waals surface area contributed by atoms with Crippen LogP contribution < -0.4 is 0 Å². The minimum atomic E-state index is -0.799. The van der Waals surface area contributed by atoms with Crippen LogP contribution in [0.15, 0.2) is 24.3 Å². The molecule has 1 aromatic carbocycles. The SMILES string of the molecule is CCN(CC(=O)O)C1CCN(C(C)c2ccccc2[N+](=O)[O-])CC1.Cl. The molecule has 1 aliphatic heterocycles. The van der Waals surface area contributed by atoms with Crippen molar-refractivity contribution in [2.75, 3.05) is 26.2 Å². The van der Waals surface area contributed by atoms with Crippen molar-refractivity contribution in [3.05, 3.63) is 39.9 Å². The summed E-state index contributed by atoms with van der Waals surface area (Å²) in [4.78, 5) is 26.1. The average molecular weight is 372 g/mol. The first-order chi connectivity index (χ1) is 11.4. The van der Waals surface area contributed by atoms with E-state index in [-0.39, 0.29) is 41.6 Å². The molecule has 0 saturated carbocycles. The summed E-state index contributed by atoms with van der Waals surface area (Å²) < 4.78 is 0. The van der Waals surface area contributed by atoms with Crippen LogP contribution in [-0.2, 0) is 4.79 Å². The van der Waals surface area contributed by atoms with Crippen LogP contribution in [0.25, 0.3) is 0 Å². The predicted molar refractivity (Wildman–Crippen MR) is 98.2 cm³/mol. The molecule has 1 heterocycles. The van der Waals surface area contributed by atoms with Crippen LogP contribution in [-0.4, -0.2) is 58.0 Å². The van der Waals surface area contributed by atoms with E-state index in [0.717, 1.165) is 38.0 Å². The number of aliphatic carboxylic acids is 1. The highest BCUT2D eigenvalue weighted by Gasteiger charge is 2.29. The molecule has 0 radical (unpaired) electrons. The van der Waals surface area contributed by atoms with Gasteiger partial charge in [-0.1, -0.05) is 25.1 Å². The molecule has 1 N–H and O–H groups in total. The van der Waals surface area contributed by atoms with Gasteiger partial charge in [-0.3, -0.25) is 24.7 Å². The molecule has 1 aliphatic rings. The Hall–Kier alpha value is -1.70. The number of nitro groups is 1. The van der Waals surface area contributed by atoms with Gasteiger partial charge in [-0.2, -0.15) is 0 Å². The van der Waals surface area contributed by atoms with Gasteiger partial charge < -0.3 is 5.11 Å². The largest absolute Gasteiger partial charge is 0.480 e. The number of carboxylic acid groups (broad SMARTS) is 1. The number of benzene rings is 1. The van der Waals surface area contributed by atoms with Crippen molar-refractivity contribution in [2.45, 2.75) is 38.8 Å². The normalized spacial score (nSPS) is 17.1. The van der Waals surface area contributed by atoms with E-state index < -0.39 is 5.97 Å². The molecular formula is C17H26ClN3O4. The maximum Gasteiger partial charge on any atom is 0.317 e. The van der Waals surface area contributed by atoms with Gasteiger partial charge in [0.2, 0.25) is 0 Å². The van der Waals surface area contributed by atoms with Crippen molar-refractivity contribution in [1.82, 2.24) is 9.80 Å². The molecule has 1 fully saturated rings. The Bertz CT molecular complexity index is 591. The number of likely N-dealkylation sites (N-methyl/N-ethyl adjacent to an activating group) is 1. The number of likely N-dealkylation sites (tertiary alicyclic amines) is 1. The molecule has 1 saturated heterocycles. The Morgan fingerprint density at radius 1 is 1.40 bits per heavy atom. The van der Waals surface area contributed by atoms with Gasteiger partial charge >= 0.3 is 5.97 Å². The third-order valence-electron chi connectivity index (χ3n) is 4.89. The molecule has 1 unspecified atom stereocenters. The highest BCUT2D eigenvalue weighted by atomic mass is 35.5. The van der Waals surface area contributed by atoms with Gasteiger partial charge in [0, 0.05) is 36.8 Å². The zero-order valence-corrected chi connectivity index (χ0v) is 15.4. The van der Waals surface area contributed by atoms with Gasteiger partial charge in [-0.15, -0.1) is 12.4 Å². The van der Waals surface area contributed by atoms with Crippen LogP contribution in [0.1, 0.15) is 38.3 Å². The number of nitro benzene ring substituents is 1. The number of nitrogens with zero attached hydrogens (tertiary/aromatic N) is 3. The number of hydrogen-bond acceptors (Lipinski definition) is 5. The van der Waals surface area contributed by atoms with Crippen molar-refractivity contribution in [1.29, 1.82) is 0 Å². The lowest BCUT2D eigenvalue weighted by Gasteiger charge is -2.39. The van der Waals surface area contributed by atoms with Crippen molar-refractivity contribution in [2.24, 2.45) is 0 Å². The van der Waals surface area contributed by atoms with Crippen molar-refractivity contribution in [3.8, 4) is 0 Å². The minimum Gasteiger partial charge on any atom is -0.480 e. The fraction of sp³-hybridized carbons (Fsp3) is 0.588. The van der Waals surface area contributed by atoms with Crippen LogP contribution in [0, 0.1) is 10.1 Å². The van der Waals surface area contributed by atoms with Crippen molar-refractivity contribution >= 4 is 24.1 Å². The standard InChI is InChI=1S/C17H25N3O4.ClH/c1-3-18(12-17(21)22)14-8-10-19(11-9-14)13(2)15-6-4-5-7-16(15)20(23)24;/h4-7,13-14H,3,8-12H2,1-2H3,(H,21,22);1H. The second-order valence-electron chi connectivity index (χ2n) is 6.22. The maximum atomic E-state index is 11.2. The Kier molecular flexibility index (Phi) is 8.28. The van der Waals surface area contributed by atoms with E-state index in [1.165, 1.54) is 0 Å². The molecule has 25 heavy (non-hydrogen) atoms. The summed E-state index contributed by atoms with van der Waals surface area (Å²) >= 11 is 0. The average Bonchev–Trinajstić information content (AvgIpc) is 2.59. The zero-order chi connectivity index (χ0) is 17.7. The van der Waals surface area contributed by atoms with Crippen LogP contribution in [0.2, 0.25) is 0 Å². The number of carboxylic acids is 1. The summed E-state index contributed by atoms with van der Waals surface area (Å²) in [6, 6.07) is 7.12. The minimum absolute atomic E-state index is 0. The van der Waals surface area contributed by atoms with E-state index in [4.69, 9.17) is 5.11 Å². The Labute approximate surface area is 154 Å². The summed E-state index contributed by atoms with van der Waals surface area (Å²) in [5, 5.41) is 20.2. The molecule has 0 aliphatic carbocycles. The first kappa shape index (κ1) is 21.3. The van der Waals surface area contributed by atoms with Crippen LogP contribution in [0.3, 0.4) is 0 Å². The molecule has 0 aromatic heterocycles. The van der Waals surface area contributed by atoms with E-state index in [1.54, 1.807) is 12.1 Å². The van der Waals surface area contributed by atoms with Crippen LogP contribution in [0.4, 0.5) is 5.69 Å². The Morgan fingerprint density at radius 3 is 2.52 bits per heavy atom. The first-order valence-corrected chi connectivity index (χ1v) is 8.37. The summed E-state index contributed by atoms with van der Waals surface area (Å²) in [6.45, 7) is 6.39. The molecule has 7 nitrogen and oxygen atoms in total. The first-order valence-electron chi connectivity index (χ1n) is 8.37. The number of halogens is 1. The molecule has 0 spiro atoms. The highest BCUT2D eigenvalue weighted by Crippen LogP contribution is 2.31. The molecule has 0 bridgehead atoms. The third kappa shape index (κ3) is 5.39. The molecule has 2 rings (SSSR count). The molecule has 1 atom stereocenters. The second kappa shape index (κ2) is 9.70. The van der Waals surface area contributed by atoms with Gasteiger partial charge in [-0.25, -0.2) is 0 Å². The highest BCUT2D eigenvalue weighted by molar-refractivity contribution is 5.85. The van der Waals surface area contributed by atoms with Gasteiger partial charge in [0.15, 0.2) is 0 Å². The van der Waals surface area contributed by atoms with E-state index in [1.807, 2.05) is 30.9 Å². The fourth-order valence-corrected chi connectivity index (χ4v) is 3.51. The van der Waals surface area contributed by atoms with Gasteiger partial charge in [0.1, 0.15) is 0 Å². The number of hydrogen-bond donors (Lipinski definition) is 1. The molecule has 140 valence electrons. The number of piperidine rings is 1. The molecule has 0 amide bonds. The molecule has 8 heteroatoms. The van der Waals surface area contributed by atoms with E-state index in [9.17, 15) is 14.9 Å². The topological polar surface area (TPSA) is 86.9 Å². The molecule has 1 aromatic rings. The van der Waals surface area contributed by atoms with Crippen molar-refractivity contribution < 1.29 is 14.8 Å². The van der Waals surface area contributed by atoms with Crippen LogP contribution in [0.5, 0.6) is 0 Å². The van der Waals surface area contributed by atoms with Crippen LogP contribution >= 0.6 is 12.4 Å². The number of carbonyl (C=O) groups is 1. The smallest absolute Gasteiger partial charge is 0.317 e. The Morgan fingerprint density at radius 2 is 2.00 bits per heavy atom. The summed E-state index contributed by atoms with van der Waals surface area (Å²) in [6.07, 6.45) is 1.76. The summed E-state index contributed by atoms with van der Waals surface area (Å²) in [7, 11) is 0. The monoisotopic (exact) mass is 371 g/mol. The van der Waals surface area contributed by atoms with E-state index in [2.05, 4.69) is 4.90 Å². The zero-order valence-electron chi connectivity index (χ0n) is 14.6. The Balaban J connectivity index is 0.00000312. The lowest BCUT2D eigenvalue weighted by molar-refractivity contribution is -0.386. The van der Waals surface area contributed by atoms with E-state index >= 15 is 0 Å². The van der Waals surface area contributed by atoms with Gasteiger partial charge in [0.25, 0.3) is 5.69 Å². The molecular weight excluding hydrogens is 346 g/mol. The number of rotatable bonds is 7. The summed E-state index contributed by atoms with van der Waals surface area (Å²) in [5.41, 5.74) is 0.895. The second-order valence-corrected chi connectivity index (χ2v) is 6.22. The van der Waals surface area contributed by atoms with Crippen molar-refractivity contribution in [3.63, 3.8) is 0 Å². The predicted octanol–water partition coefficient (Wildman–Crippen LogP) is 2.95. The fourth-order valence-electron chi connectivity index (χ4n) is 3.51. The summed E-state index contributed by atoms with van der Waals surface area (Å²) in [5.74, 6) is -0.799. The van der Waals surface area contributed by atoms with Gasteiger partial charge in [-0.05, 0) is 26.3 Å². The number of para-hydroxylation sites is 1. The third-order valence-corrected chi connectivity index (χ3v) is 4.89. The quantitative estimate of drug-likeness (QED) is 0.585.